The Morgan fingerprint density at radius 2 is 1.90 bits per heavy atom. The molecule has 0 fully saturated rings. The molecular formula is C14H21NO4S. The SMILES string of the molecule is CCC(C)(C)N(C)S(=O)(=O)c1ccc(C)c(C(=O)O)c1. The molecule has 0 saturated heterocycles. The first-order valence-corrected chi connectivity index (χ1v) is 7.81. The molecule has 1 rings (SSSR count). The van der Waals surface area contributed by atoms with E-state index in [0.717, 1.165) is 0 Å². The summed E-state index contributed by atoms with van der Waals surface area (Å²) >= 11 is 0. The lowest BCUT2D eigenvalue weighted by atomic mass is 10.0. The van der Waals surface area contributed by atoms with Gasteiger partial charge in [-0.3, -0.25) is 0 Å². The van der Waals surface area contributed by atoms with Crippen molar-refractivity contribution in [2.75, 3.05) is 7.05 Å². The van der Waals surface area contributed by atoms with Crippen molar-refractivity contribution in [2.45, 2.75) is 44.6 Å². The fraction of sp³-hybridized carbons (Fsp3) is 0.500. The fourth-order valence-electron chi connectivity index (χ4n) is 1.70. The van der Waals surface area contributed by atoms with Gasteiger partial charge in [0.2, 0.25) is 10.0 Å². The summed E-state index contributed by atoms with van der Waals surface area (Å²) in [6.07, 6.45) is 0.653. The first-order valence-electron chi connectivity index (χ1n) is 6.37. The van der Waals surface area contributed by atoms with Gasteiger partial charge in [-0.15, -0.1) is 0 Å². The van der Waals surface area contributed by atoms with E-state index in [0.29, 0.717) is 12.0 Å². The molecule has 5 nitrogen and oxygen atoms in total. The minimum absolute atomic E-state index is 0.00419. The van der Waals surface area contributed by atoms with Crippen LogP contribution in [-0.4, -0.2) is 36.4 Å². The second-order valence-corrected chi connectivity index (χ2v) is 7.39. The maximum Gasteiger partial charge on any atom is 0.335 e. The quantitative estimate of drug-likeness (QED) is 0.906. The van der Waals surface area contributed by atoms with E-state index in [1.165, 1.54) is 29.6 Å². The smallest absolute Gasteiger partial charge is 0.335 e. The molecule has 1 aromatic carbocycles. The van der Waals surface area contributed by atoms with Crippen LogP contribution in [0.1, 0.15) is 43.1 Å². The highest BCUT2D eigenvalue weighted by atomic mass is 32.2. The van der Waals surface area contributed by atoms with Gasteiger partial charge in [-0.25, -0.2) is 13.2 Å². The minimum atomic E-state index is -3.71. The average Bonchev–Trinajstić information content (AvgIpc) is 2.37. The van der Waals surface area contributed by atoms with E-state index in [-0.39, 0.29) is 10.5 Å². The molecule has 0 aliphatic rings. The standard InChI is InChI=1S/C14H21NO4S/c1-6-14(3,4)15(5)20(18,19)11-8-7-10(2)12(9-11)13(16)17/h7-9H,6H2,1-5H3,(H,16,17). The van der Waals surface area contributed by atoms with Crippen LogP contribution in [0.25, 0.3) is 0 Å². The van der Waals surface area contributed by atoms with Gasteiger partial charge in [-0.05, 0) is 44.9 Å². The van der Waals surface area contributed by atoms with Gasteiger partial charge in [-0.2, -0.15) is 4.31 Å². The number of benzene rings is 1. The normalized spacial score (nSPS) is 12.7. The summed E-state index contributed by atoms with van der Waals surface area (Å²) in [5, 5.41) is 9.09. The average molecular weight is 299 g/mol. The van der Waals surface area contributed by atoms with Crippen molar-refractivity contribution < 1.29 is 18.3 Å². The Morgan fingerprint density at radius 3 is 2.35 bits per heavy atom. The van der Waals surface area contributed by atoms with Gasteiger partial charge in [0.25, 0.3) is 0 Å². The highest BCUT2D eigenvalue weighted by Gasteiger charge is 2.33. The largest absolute Gasteiger partial charge is 0.478 e. The summed E-state index contributed by atoms with van der Waals surface area (Å²) in [6.45, 7) is 7.21. The third-order valence-corrected chi connectivity index (χ3v) is 5.88. The van der Waals surface area contributed by atoms with E-state index in [9.17, 15) is 13.2 Å². The molecule has 0 saturated carbocycles. The van der Waals surface area contributed by atoms with Gasteiger partial charge in [0.1, 0.15) is 0 Å². The highest BCUT2D eigenvalue weighted by Crippen LogP contribution is 2.26. The van der Waals surface area contributed by atoms with Crippen LogP contribution in [0.3, 0.4) is 0 Å². The number of nitrogens with zero attached hydrogens (tertiary/aromatic N) is 1. The molecule has 0 amide bonds. The second-order valence-electron chi connectivity index (χ2n) is 5.42. The summed E-state index contributed by atoms with van der Waals surface area (Å²) in [5.41, 5.74) is 0.00949. The van der Waals surface area contributed by atoms with Gasteiger partial charge >= 0.3 is 5.97 Å². The zero-order valence-electron chi connectivity index (χ0n) is 12.5. The van der Waals surface area contributed by atoms with E-state index >= 15 is 0 Å². The lowest BCUT2D eigenvalue weighted by molar-refractivity contribution is 0.0696. The van der Waals surface area contributed by atoms with Crippen LogP contribution in [0.5, 0.6) is 0 Å². The van der Waals surface area contributed by atoms with Crippen LogP contribution in [-0.2, 0) is 10.0 Å². The molecule has 0 spiro atoms. The summed E-state index contributed by atoms with van der Waals surface area (Å²) < 4.78 is 26.4. The lowest BCUT2D eigenvalue weighted by Gasteiger charge is -2.33. The number of hydrogen-bond acceptors (Lipinski definition) is 3. The van der Waals surface area contributed by atoms with E-state index in [1.54, 1.807) is 6.92 Å². The van der Waals surface area contributed by atoms with E-state index < -0.39 is 21.5 Å². The maximum absolute atomic E-state index is 12.6. The molecule has 6 heteroatoms. The minimum Gasteiger partial charge on any atom is -0.478 e. The summed E-state index contributed by atoms with van der Waals surface area (Å²) in [5.74, 6) is -1.13. The van der Waals surface area contributed by atoms with Crippen LogP contribution in [0.4, 0.5) is 0 Å². The molecule has 0 aliphatic heterocycles. The highest BCUT2D eigenvalue weighted by molar-refractivity contribution is 7.89. The van der Waals surface area contributed by atoms with Gasteiger partial charge < -0.3 is 5.11 Å². The molecule has 0 bridgehead atoms. The maximum atomic E-state index is 12.6. The van der Waals surface area contributed by atoms with Crippen LogP contribution >= 0.6 is 0 Å². The Hall–Kier alpha value is -1.40. The van der Waals surface area contributed by atoms with Crippen molar-refractivity contribution in [3.8, 4) is 0 Å². The topological polar surface area (TPSA) is 74.7 Å². The number of carboxylic acids is 1. The molecule has 1 N–H and O–H groups in total. The lowest BCUT2D eigenvalue weighted by Crippen LogP contribution is -2.44. The van der Waals surface area contributed by atoms with Crippen molar-refractivity contribution in [2.24, 2.45) is 0 Å². The predicted octanol–water partition coefficient (Wildman–Crippen LogP) is 2.50. The number of rotatable bonds is 5. The third kappa shape index (κ3) is 3.02. The molecular weight excluding hydrogens is 278 g/mol. The van der Waals surface area contributed by atoms with Crippen LogP contribution in [0.15, 0.2) is 23.1 Å². The molecule has 0 heterocycles. The molecule has 20 heavy (non-hydrogen) atoms. The van der Waals surface area contributed by atoms with Crippen LogP contribution in [0, 0.1) is 6.92 Å². The van der Waals surface area contributed by atoms with Crippen molar-refractivity contribution in [1.82, 2.24) is 4.31 Å². The first-order chi connectivity index (χ1) is 9.04. The van der Waals surface area contributed by atoms with Gasteiger partial charge in [0.15, 0.2) is 0 Å². The van der Waals surface area contributed by atoms with Crippen molar-refractivity contribution in [3.05, 3.63) is 29.3 Å². The fourth-order valence-corrected chi connectivity index (χ4v) is 3.30. The van der Waals surface area contributed by atoms with Gasteiger partial charge in [0.05, 0.1) is 10.5 Å². The van der Waals surface area contributed by atoms with Crippen molar-refractivity contribution >= 4 is 16.0 Å². The Kier molecular flexibility index (Phi) is 4.61. The Morgan fingerprint density at radius 1 is 1.35 bits per heavy atom. The molecule has 0 aromatic heterocycles. The third-order valence-electron chi connectivity index (χ3n) is 3.82. The molecule has 0 radical (unpaired) electrons. The summed E-state index contributed by atoms with van der Waals surface area (Å²) in [6, 6.07) is 4.18. The Bertz CT molecular complexity index is 620. The Labute approximate surface area is 120 Å². The number of hydrogen-bond donors (Lipinski definition) is 1. The van der Waals surface area contributed by atoms with Gasteiger partial charge in [-0.1, -0.05) is 13.0 Å². The molecule has 112 valence electrons. The van der Waals surface area contributed by atoms with Crippen LogP contribution < -0.4 is 0 Å². The van der Waals surface area contributed by atoms with E-state index in [1.807, 2.05) is 20.8 Å². The zero-order valence-corrected chi connectivity index (χ0v) is 13.3. The predicted molar refractivity (Wildman–Crippen MR) is 77.5 cm³/mol. The molecule has 0 unspecified atom stereocenters. The number of carboxylic acid groups (broad SMARTS) is 1. The molecule has 0 aliphatic carbocycles. The van der Waals surface area contributed by atoms with Crippen molar-refractivity contribution in [1.29, 1.82) is 0 Å². The van der Waals surface area contributed by atoms with Gasteiger partial charge in [0, 0.05) is 12.6 Å². The number of aryl methyl sites for hydroxylation is 1. The number of aromatic carboxylic acids is 1. The Balaban J connectivity index is 3.37. The monoisotopic (exact) mass is 299 g/mol. The first kappa shape index (κ1) is 16.7. The second kappa shape index (κ2) is 5.54. The van der Waals surface area contributed by atoms with Crippen LogP contribution in [0.2, 0.25) is 0 Å². The summed E-state index contributed by atoms with van der Waals surface area (Å²) in [4.78, 5) is 11.1. The van der Waals surface area contributed by atoms with E-state index in [4.69, 9.17) is 5.11 Å². The number of carbonyl (C=O) groups is 1. The zero-order chi connectivity index (χ0) is 15.7. The molecule has 1 aromatic rings. The van der Waals surface area contributed by atoms with E-state index in [2.05, 4.69) is 0 Å². The molecule has 0 atom stereocenters. The van der Waals surface area contributed by atoms with Crippen molar-refractivity contribution in [3.63, 3.8) is 0 Å². The number of sulfonamides is 1. The summed E-state index contributed by atoms with van der Waals surface area (Å²) in [7, 11) is -2.20.